The fraction of sp³-hybridized carbons (Fsp3) is 0.286. The number of nitrogens with zero attached hydrogens (tertiary/aromatic N) is 3. The van der Waals surface area contributed by atoms with Gasteiger partial charge in [0.05, 0.1) is 17.5 Å². The Balaban J connectivity index is 1.47. The fourth-order valence-corrected chi connectivity index (χ4v) is 4.53. The van der Waals surface area contributed by atoms with Gasteiger partial charge in [-0.25, -0.2) is 0 Å². The summed E-state index contributed by atoms with van der Waals surface area (Å²) >= 11 is 7.32. The first-order valence-corrected chi connectivity index (χ1v) is 10.7. The maximum absolute atomic E-state index is 13.1. The Kier molecular flexibility index (Phi) is 6.17. The van der Waals surface area contributed by atoms with Crippen molar-refractivity contribution in [1.82, 2.24) is 19.8 Å². The molecule has 1 N–H and O–H groups in total. The summed E-state index contributed by atoms with van der Waals surface area (Å²) in [6, 6.07) is 6.87. The molecule has 0 aromatic carbocycles. The minimum atomic E-state index is -0.654. The van der Waals surface area contributed by atoms with Crippen LogP contribution in [-0.2, 0) is 20.9 Å². The van der Waals surface area contributed by atoms with E-state index in [1.165, 1.54) is 24.5 Å². The molecule has 4 rings (SSSR count). The lowest BCUT2D eigenvalue weighted by atomic mass is 10.1. The van der Waals surface area contributed by atoms with E-state index >= 15 is 0 Å². The molecule has 3 aromatic heterocycles. The molecule has 0 aliphatic carbocycles. The summed E-state index contributed by atoms with van der Waals surface area (Å²) < 4.78 is 5.91. The van der Waals surface area contributed by atoms with Crippen molar-refractivity contribution < 1.29 is 14.3 Å². The van der Waals surface area contributed by atoms with Crippen molar-refractivity contribution in [2.75, 3.05) is 26.8 Å². The van der Waals surface area contributed by atoms with Gasteiger partial charge in [-0.3, -0.25) is 14.6 Å². The molecule has 0 spiro atoms. The van der Waals surface area contributed by atoms with E-state index < -0.39 is 6.04 Å². The lowest BCUT2D eigenvalue weighted by molar-refractivity contribution is -0.152. The number of rotatable bonds is 6. The van der Waals surface area contributed by atoms with Crippen LogP contribution in [0.2, 0.25) is 4.34 Å². The maximum Gasteiger partial charge on any atom is 0.248 e. The molecule has 1 fully saturated rings. The number of ether oxygens (including phenoxy) is 1. The largest absolute Gasteiger partial charge is 0.382 e. The number of fused-ring (bicyclic) bond motifs is 1. The topological polar surface area (TPSA) is 78.5 Å². The lowest BCUT2D eigenvalue weighted by Gasteiger charge is -2.39. The molecular weight excluding hydrogens is 424 g/mol. The van der Waals surface area contributed by atoms with E-state index in [0.29, 0.717) is 24.0 Å². The quantitative estimate of drug-likeness (QED) is 0.592. The summed E-state index contributed by atoms with van der Waals surface area (Å²) in [5, 5.41) is 1.00. The summed E-state index contributed by atoms with van der Waals surface area (Å²) in [5.41, 5.74) is 1.91. The second-order valence-electron chi connectivity index (χ2n) is 7.00. The first kappa shape index (κ1) is 20.6. The van der Waals surface area contributed by atoms with Crippen LogP contribution in [0.1, 0.15) is 10.6 Å². The average Bonchev–Trinajstić information content (AvgIpc) is 3.34. The summed E-state index contributed by atoms with van der Waals surface area (Å²) in [6.07, 6.45) is 6.72. The zero-order chi connectivity index (χ0) is 21.1. The normalized spacial score (nSPS) is 17.4. The van der Waals surface area contributed by atoms with Gasteiger partial charge in [-0.2, -0.15) is 0 Å². The van der Waals surface area contributed by atoms with Gasteiger partial charge in [0.2, 0.25) is 11.8 Å². The summed E-state index contributed by atoms with van der Waals surface area (Å²) in [6.45, 7) is 1.49. The molecule has 1 saturated heterocycles. The van der Waals surface area contributed by atoms with E-state index in [-0.39, 0.29) is 18.4 Å². The smallest absolute Gasteiger partial charge is 0.248 e. The number of carbonyl (C=O) groups excluding carboxylic acids is 2. The molecule has 0 radical (unpaired) electrons. The van der Waals surface area contributed by atoms with Crippen molar-refractivity contribution in [3.8, 4) is 0 Å². The van der Waals surface area contributed by atoms with Crippen molar-refractivity contribution in [3.05, 3.63) is 57.6 Å². The van der Waals surface area contributed by atoms with Crippen molar-refractivity contribution in [1.29, 1.82) is 0 Å². The SMILES string of the molecule is COCC1C(=O)N(Cc2cc3cnccc3[nH]2)CCN1C(=O)C=Cc1ccc(Cl)s1. The van der Waals surface area contributed by atoms with E-state index in [9.17, 15) is 9.59 Å². The van der Waals surface area contributed by atoms with Crippen LogP contribution in [0.15, 0.2) is 42.7 Å². The van der Waals surface area contributed by atoms with E-state index in [4.69, 9.17) is 16.3 Å². The minimum absolute atomic E-state index is 0.124. The molecule has 2 amide bonds. The standard InChI is InChI=1S/C21H21ClN4O3S/c1-29-13-18-21(28)25(12-15-10-14-11-23-7-6-17(14)24-15)8-9-26(18)20(27)5-3-16-2-4-19(22)30-16/h2-7,10-11,18,24H,8-9,12-13H2,1H3. The van der Waals surface area contributed by atoms with Gasteiger partial charge in [-0.1, -0.05) is 11.6 Å². The van der Waals surface area contributed by atoms with Crippen molar-refractivity contribution in [2.45, 2.75) is 12.6 Å². The van der Waals surface area contributed by atoms with E-state index in [2.05, 4.69) is 9.97 Å². The summed E-state index contributed by atoms with van der Waals surface area (Å²) in [4.78, 5) is 37.5. The second-order valence-corrected chi connectivity index (χ2v) is 8.74. The van der Waals surface area contributed by atoms with Gasteiger partial charge in [0.15, 0.2) is 0 Å². The van der Waals surface area contributed by atoms with Crippen LogP contribution >= 0.6 is 22.9 Å². The molecule has 1 aliphatic heterocycles. The Hall–Kier alpha value is -2.68. The molecule has 0 saturated carbocycles. The molecule has 1 atom stereocenters. The lowest BCUT2D eigenvalue weighted by Crippen LogP contribution is -2.59. The fourth-order valence-electron chi connectivity index (χ4n) is 3.57. The van der Waals surface area contributed by atoms with Gasteiger partial charge in [0.25, 0.3) is 0 Å². The first-order chi connectivity index (χ1) is 14.5. The molecule has 156 valence electrons. The van der Waals surface area contributed by atoms with Crippen molar-refractivity contribution >= 4 is 51.7 Å². The van der Waals surface area contributed by atoms with Crippen LogP contribution in [0.5, 0.6) is 0 Å². The monoisotopic (exact) mass is 444 g/mol. The highest BCUT2D eigenvalue weighted by Gasteiger charge is 2.36. The minimum Gasteiger partial charge on any atom is -0.382 e. The number of hydrogen-bond donors (Lipinski definition) is 1. The number of piperazine rings is 1. The van der Waals surface area contributed by atoms with Gasteiger partial charge in [-0.15, -0.1) is 11.3 Å². The molecule has 1 aliphatic rings. The Morgan fingerprint density at radius 1 is 1.40 bits per heavy atom. The molecule has 0 bridgehead atoms. The predicted molar refractivity (Wildman–Crippen MR) is 117 cm³/mol. The molecule has 30 heavy (non-hydrogen) atoms. The number of aromatic nitrogens is 2. The molecular formula is C21H21ClN4O3S. The number of aromatic amines is 1. The highest BCUT2D eigenvalue weighted by molar-refractivity contribution is 7.17. The zero-order valence-electron chi connectivity index (χ0n) is 16.4. The third kappa shape index (κ3) is 4.40. The van der Waals surface area contributed by atoms with Crippen LogP contribution in [0, 0.1) is 0 Å². The van der Waals surface area contributed by atoms with E-state index in [1.54, 1.807) is 34.3 Å². The van der Waals surface area contributed by atoms with Gasteiger partial charge in [-0.05, 0) is 30.3 Å². The average molecular weight is 445 g/mol. The van der Waals surface area contributed by atoms with Gasteiger partial charge in [0, 0.05) is 60.1 Å². The second kappa shape index (κ2) is 8.99. The van der Waals surface area contributed by atoms with Crippen molar-refractivity contribution in [2.24, 2.45) is 0 Å². The Labute approximate surface area is 182 Å². The first-order valence-electron chi connectivity index (χ1n) is 9.48. The summed E-state index contributed by atoms with van der Waals surface area (Å²) in [7, 11) is 1.53. The zero-order valence-corrected chi connectivity index (χ0v) is 17.9. The van der Waals surface area contributed by atoms with Gasteiger partial charge < -0.3 is 19.5 Å². The molecule has 3 aromatic rings. The number of thiophene rings is 1. The number of carbonyl (C=O) groups is 2. The van der Waals surface area contributed by atoms with Gasteiger partial charge in [0.1, 0.15) is 6.04 Å². The predicted octanol–water partition coefficient (Wildman–Crippen LogP) is 3.18. The van der Waals surface area contributed by atoms with Crippen molar-refractivity contribution in [3.63, 3.8) is 0 Å². The summed E-state index contributed by atoms with van der Waals surface area (Å²) in [5.74, 6) is -0.341. The number of pyridine rings is 1. The molecule has 9 heteroatoms. The van der Waals surface area contributed by atoms with Gasteiger partial charge >= 0.3 is 0 Å². The van der Waals surface area contributed by atoms with Crippen LogP contribution in [0.3, 0.4) is 0 Å². The molecule has 1 unspecified atom stereocenters. The number of nitrogens with one attached hydrogen (secondary N) is 1. The highest BCUT2D eigenvalue weighted by Crippen LogP contribution is 2.23. The Bertz CT molecular complexity index is 1060. The number of hydrogen-bond acceptors (Lipinski definition) is 5. The number of halogens is 1. The number of methoxy groups -OCH3 is 1. The van der Waals surface area contributed by atoms with Crippen LogP contribution in [-0.4, -0.2) is 64.4 Å². The Morgan fingerprint density at radius 2 is 2.27 bits per heavy atom. The number of H-pyrrole nitrogens is 1. The van der Waals surface area contributed by atoms with Crippen LogP contribution in [0.4, 0.5) is 0 Å². The van der Waals surface area contributed by atoms with E-state index in [1.807, 2.05) is 18.2 Å². The third-order valence-corrected chi connectivity index (χ3v) is 6.21. The molecule has 4 heterocycles. The Morgan fingerprint density at radius 3 is 3.00 bits per heavy atom. The molecule has 7 nitrogen and oxygen atoms in total. The number of amides is 2. The highest BCUT2D eigenvalue weighted by atomic mass is 35.5. The van der Waals surface area contributed by atoms with Crippen LogP contribution < -0.4 is 0 Å². The van der Waals surface area contributed by atoms with Crippen LogP contribution in [0.25, 0.3) is 17.0 Å². The third-order valence-electron chi connectivity index (χ3n) is 5.01. The maximum atomic E-state index is 13.1. The van der Waals surface area contributed by atoms with E-state index in [0.717, 1.165) is 21.5 Å².